The first-order valence-corrected chi connectivity index (χ1v) is 5.13. The summed E-state index contributed by atoms with van der Waals surface area (Å²) < 4.78 is 4.77. The van der Waals surface area contributed by atoms with Gasteiger partial charge in [-0.25, -0.2) is 4.79 Å². The molecule has 4 nitrogen and oxygen atoms in total. The first-order chi connectivity index (χ1) is 7.60. The normalized spacial score (nSPS) is 9.88. The number of carbonyl (C=O) groups excluding carboxylic acids is 2. The number of rotatable bonds is 4. The van der Waals surface area contributed by atoms with Gasteiger partial charge in [0, 0.05) is 6.42 Å². The van der Waals surface area contributed by atoms with Crippen LogP contribution in [-0.4, -0.2) is 23.5 Å². The fraction of sp³-hybridized carbons (Fsp3) is 0.333. The number of ether oxygens (including phenoxy) is 1. The third kappa shape index (κ3) is 2.59. The molecule has 0 radical (unpaired) electrons. The summed E-state index contributed by atoms with van der Waals surface area (Å²) in [5, 5.41) is 9.58. The molecule has 86 valence electrons. The number of phenolic OH excluding ortho intramolecular Hbond substituents is 1. The molecule has 0 bridgehead atoms. The standard InChI is InChI=1S/C12H14O4/c1-3-10(13)9-6-5-8(7-11(9)14)12(15)16-4-2/h5-7,14H,3-4H2,1-2H3. The van der Waals surface area contributed by atoms with Crippen LogP contribution in [0.5, 0.6) is 5.75 Å². The van der Waals surface area contributed by atoms with Crippen molar-refractivity contribution in [1.82, 2.24) is 0 Å². The smallest absolute Gasteiger partial charge is 0.338 e. The van der Waals surface area contributed by atoms with Gasteiger partial charge in [0.1, 0.15) is 5.75 Å². The van der Waals surface area contributed by atoms with Crippen LogP contribution in [0.1, 0.15) is 41.0 Å². The van der Waals surface area contributed by atoms with Gasteiger partial charge in [-0.1, -0.05) is 6.92 Å². The van der Waals surface area contributed by atoms with E-state index in [9.17, 15) is 14.7 Å². The molecule has 1 aromatic rings. The van der Waals surface area contributed by atoms with Crippen LogP contribution in [0.3, 0.4) is 0 Å². The third-order valence-electron chi connectivity index (χ3n) is 2.13. The molecule has 0 fully saturated rings. The van der Waals surface area contributed by atoms with Gasteiger partial charge in [-0.3, -0.25) is 4.79 Å². The Hall–Kier alpha value is -1.84. The van der Waals surface area contributed by atoms with Gasteiger partial charge in [-0.05, 0) is 25.1 Å². The summed E-state index contributed by atoms with van der Waals surface area (Å²) in [7, 11) is 0. The van der Waals surface area contributed by atoms with E-state index in [1.165, 1.54) is 18.2 Å². The zero-order chi connectivity index (χ0) is 12.1. The van der Waals surface area contributed by atoms with Crippen LogP contribution in [-0.2, 0) is 4.74 Å². The van der Waals surface area contributed by atoms with Crippen LogP contribution >= 0.6 is 0 Å². The van der Waals surface area contributed by atoms with Crippen molar-refractivity contribution >= 4 is 11.8 Å². The highest BCUT2D eigenvalue weighted by Crippen LogP contribution is 2.20. The van der Waals surface area contributed by atoms with E-state index < -0.39 is 5.97 Å². The summed E-state index contributed by atoms with van der Waals surface area (Å²) in [5.74, 6) is -0.849. The van der Waals surface area contributed by atoms with Crippen molar-refractivity contribution in [3.63, 3.8) is 0 Å². The SMILES string of the molecule is CCOC(=O)c1ccc(C(=O)CC)c(O)c1. The number of benzene rings is 1. The molecule has 0 aliphatic rings. The number of Topliss-reactive ketones (excluding diaryl/α,β-unsaturated/α-hetero) is 1. The number of aromatic hydroxyl groups is 1. The highest BCUT2D eigenvalue weighted by molar-refractivity contribution is 6.00. The molecule has 0 amide bonds. The molecule has 0 heterocycles. The van der Waals surface area contributed by atoms with Gasteiger partial charge in [-0.15, -0.1) is 0 Å². The van der Waals surface area contributed by atoms with Crippen LogP contribution in [0.2, 0.25) is 0 Å². The molecule has 1 rings (SSSR count). The van der Waals surface area contributed by atoms with Crippen LogP contribution < -0.4 is 0 Å². The van der Waals surface area contributed by atoms with E-state index >= 15 is 0 Å². The van der Waals surface area contributed by atoms with Crippen molar-refractivity contribution in [2.75, 3.05) is 6.61 Å². The molecule has 0 saturated carbocycles. The van der Waals surface area contributed by atoms with E-state index in [1.807, 2.05) is 0 Å². The largest absolute Gasteiger partial charge is 0.507 e. The lowest BCUT2D eigenvalue weighted by atomic mass is 10.1. The maximum Gasteiger partial charge on any atom is 0.338 e. The fourth-order valence-corrected chi connectivity index (χ4v) is 1.30. The van der Waals surface area contributed by atoms with E-state index in [0.717, 1.165) is 0 Å². The molecule has 4 heteroatoms. The molecule has 0 spiro atoms. The second-order valence-electron chi connectivity index (χ2n) is 3.23. The minimum atomic E-state index is -0.506. The zero-order valence-electron chi connectivity index (χ0n) is 9.32. The predicted octanol–water partition coefficient (Wildman–Crippen LogP) is 2.16. The first-order valence-electron chi connectivity index (χ1n) is 5.13. The van der Waals surface area contributed by atoms with E-state index in [0.29, 0.717) is 6.42 Å². The van der Waals surface area contributed by atoms with Crippen molar-refractivity contribution in [3.05, 3.63) is 29.3 Å². The van der Waals surface area contributed by atoms with Crippen molar-refractivity contribution < 1.29 is 19.4 Å². The quantitative estimate of drug-likeness (QED) is 0.626. The Morgan fingerprint density at radius 3 is 2.50 bits per heavy atom. The van der Waals surface area contributed by atoms with Crippen LogP contribution in [0.25, 0.3) is 0 Å². The highest BCUT2D eigenvalue weighted by Gasteiger charge is 2.13. The molecule has 0 aliphatic heterocycles. The molecule has 0 unspecified atom stereocenters. The average Bonchev–Trinajstić information content (AvgIpc) is 2.28. The van der Waals surface area contributed by atoms with Crippen LogP contribution in [0.4, 0.5) is 0 Å². The molecular weight excluding hydrogens is 208 g/mol. The molecule has 16 heavy (non-hydrogen) atoms. The Morgan fingerprint density at radius 1 is 1.31 bits per heavy atom. The van der Waals surface area contributed by atoms with Gasteiger partial charge in [0.2, 0.25) is 0 Å². The van der Waals surface area contributed by atoms with Crippen molar-refractivity contribution in [2.45, 2.75) is 20.3 Å². The van der Waals surface area contributed by atoms with Gasteiger partial charge in [0.15, 0.2) is 5.78 Å². The summed E-state index contributed by atoms with van der Waals surface area (Å²) >= 11 is 0. The van der Waals surface area contributed by atoms with Gasteiger partial charge < -0.3 is 9.84 Å². The van der Waals surface area contributed by atoms with E-state index in [4.69, 9.17) is 4.74 Å². The summed E-state index contributed by atoms with van der Waals surface area (Å²) in [5.41, 5.74) is 0.475. The van der Waals surface area contributed by atoms with E-state index in [1.54, 1.807) is 13.8 Å². The fourth-order valence-electron chi connectivity index (χ4n) is 1.30. The maximum absolute atomic E-state index is 11.4. The number of hydrogen-bond acceptors (Lipinski definition) is 4. The lowest BCUT2D eigenvalue weighted by Gasteiger charge is -2.05. The van der Waals surface area contributed by atoms with Crippen molar-refractivity contribution in [1.29, 1.82) is 0 Å². The Morgan fingerprint density at radius 2 is 2.00 bits per heavy atom. The number of esters is 1. The predicted molar refractivity (Wildman–Crippen MR) is 58.7 cm³/mol. The Bertz CT molecular complexity index is 409. The molecule has 0 saturated heterocycles. The number of ketones is 1. The number of hydrogen-bond donors (Lipinski definition) is 1. The van der Waals surface area contributed by atoms with Gasteiger partial charge in [-0.2, -0.15) is 0 Å². The Balaban J connectivity index is 2.99. The second-order valence-corrected chi connectivity index (χ2v) is 3.23. The molecule has 1 aromatic carbocycles. The van der Waals surface area contributed by atoms with Crippen molar-refractivity contribution in [2.24, 2.45) is 0 Å². The second kappa shape index (κ2) is 5.30. The molecular formula is C12H14O4. The van der Waals surface area contributed by atoms with Crippen LogP contribution in [0, 0.1) is 0 Å². The van der Waals surface area contributed by atoms with E-state index in [-0.39, 0.29) is 29.3 Å². The summed E-state index contributed by atoms with van der Waals surface area (Å²) in [6.07, 6.45) is 0.312. The maximum atomic E-state index is 11.4. The van der Waals surface area contributed by atoms with Gasteiger partial charge in [0.05, 0.1) is 17.7 Å². The van der Waals surface area contributed by atoms with Gasteiger partial charge in [0.25, 0.3) is 0 Å². The lowest BCUT2D eigenvalue weighted by Crippen LogP contribution is -2.05. The highest BCUT2D eigenvalue weighted by atomic mass is 16.5. The molecule has 1 N–H and O–H groups in total. The van der Waals surface area contributed by atoms with Gasteiger partial charge >= 0.3 is 5.97 Å². The molecule has 0 atom stereocenters. The van der Waals surface area contributed by atoms with Crippen LogP contribution in [0.15, 0.2) is 18.2 Å². The molecule has 0 aliphatic carbocycles. The summed E-state index contributed by atoms with van der Waals surface area (Å²) in [6.45, 7) is 3.68. The Kier molecular flexibility index (Phi) is 4.05. The summed E-state index contributed by atoms with van der Waals surface area (Å²) in [6, 6.07) is 4.16. The van der Waals surface area contributed by atoms with E-state index in [2.05, 4.69) is 0 Å². The Labute approximate surface area is 93.9 Å². The monoisotopic (exact) mass is 222 g/mol. The lowest BCUT2D eigenvalue weighted by molar-refractivity contribution is 0.0525. The number of carbonyl (C=O) groups is 2. The third-order valence-corrected chi connectivity index (χ3v) is 2.13. The first kappa shape index (κ1) is 12.2. The minimum absolute atomic E-state index is 0.159. The minimum Gasteiger partial charge on any atom is -0.507 e. The van der Waals surface area contributed by atoms with Crippen molar-refractivity contribution in [3.8, 4) is 5.75 Å². The topological polar surface area (TPSA) is 63.6 Å². The average molecular weight is 222 g/mol. The number of phenols is 1. The zero-order valence-corrected chi connectivity index (χ0v) is 9.32. The molecule has 0 aromatic heterocycles. The summed E-state index contributed by atoms with van der Waals surface area (Å²) in [4.78, 5) is 22.7.